The van der Waals surface area contributed by atoms with Gasteiger partial charge < -0.3 is 14.3 Å². The van der Waals surface area contributed by atoms with Crippen molar-refractivity contribution in [3.63, 3.8) is 0 Å². The zero-order chi connectivity index (χ0) is 12.7. The number of hydrogen-bond donors (Lipinski definition) is 1. The van der Waals surface area contributed by atoms with Crippen LogP contribution in [0, 0.1) is 0 Å². The maximum absolute atomic E-state index is 12.4. The topological polar surface area (TPSA) is 49.2 Å². The van der Waals surface area contributed by atoms with Crippen LogP contribution in [0.5, 0.6) is 0 Å². The van der Waals surface area contributed by atoms with Gasteiger partial charge in [-0.15, -0.1) is 0 Å². The second-order valence-corrected chi connectivity index (χ2v) is 5.64. The number of hydrogen-bond acceptors (Lipinski definition) is 2. The Labute approximate surface area is 113 Å². The molecule has 0 aliphatic carbocycles. The monoisotopic (exact) mass is 310 g/mol. The Morgan fingerprint density at radius 1 is 1.50 bits per heavy atom. The SMILES string of the molecule is CC1CCCCN1C(=O)c1cc2oc(Br)cc2[nH]1. The molecule has 1 atom stereocenters. The molecule has 2 aromatic heterocycles. The van der Waals surface area contributed by atoms with Crippen LogP contribution in [0.3, 0.4) is 0 Å². The lowest BCUT2D eigenvalue weighted by Crippen LogP contribution is -2.42. The van der Waals surface area contributed by atoms with Crippen molar-refractivity contribution in [2.24, 2.45) is 0 Å². The van der Waals surface area contributed by atoms with E-state index < -0.39 is 0 Å². The van der Waals surface area contributed by atoms with Gasteiger partial charge in [0.05, 0.1) is 5.52 Å². The molecule has 0 aromatic carbocycles. The Morgan fingerprint density at radius 2 is 2.33 bits per heavy atom. The number of furan rings is 1. The van der Waals surface area contributed by atoms with Crippen molar-refractivity contribution in [2.45, 2.75) is 32.2 Å². The first-order valence-corrected chi connectivity index (χ1v) is 7.03. The van der Waals surface area contributed by atoms with Crippen molar-refractivity contribution in [3.05, 3.63) is 22.5 Å². The first kappa shape index (κ1) is 11.8. The Hall–Kier alpha value is -1.23. The lowest BCUT2D eigenvalue weighted by molar-refractivity contribution is 0.0630. The quantitative estimate of drug-likeness (QED) is 0.876. The fraction of sp³-hybridized carbons (Fsp3) is 0.462. The second-order valence-electron chi connectivity index (χ2n) is 4.85. The van der Waals surface area contributed by atoms with Gasteiger partial charge in [-0.25, -0.2) is 0 Å². The molecule has 1 N–H and O–H groups in total. The number of aromatic nitrogens is 1. The van der Waals surface area contributed by atoms with Gasteiger partial charge in [0.1, 0.15) is 5.69 Å². The molecule has 1 saturated heterocycles. The van der Waals surface area contributed by atoms with Crippen LogP contribution in [0.15, 0.2) is 21.2 Å². The van der Waals surface area contributed by atoms with E-state index in [4.69, 9.17) is 4.42 Å². The zero-order valence-corrected chi connectivity index (χ0v) is 11.8. The predicted octanol–water partition coefficient (Wildman–Crippen LogP) is 3.54. The fourth-order valence-corrected chi connectivity index (χ4v) is 2.96. The number of amides is 1. The molecule has 4 nitrogen and oxygen atoms in total. The van der Waals surface area contributed by atoms with E-state index in [1.165, 1.54) is 6.42 Å². The van der Waals surface area contributed by atoms with Crippen molar-refractivity contribution in [1.29, 1.82) is 0 Å². The summed E-state index contributed by atoms with van der Waals surface area (Å²) in [6.07, 6.45) is 3.40. The smallest absolute Gasteiger partial charge is 0.270 e. The Balaban J connectivity index is 1.88. The highest BCUT2D eigenvalue weighted by Crippen LogP contribution is 2.25. The number of H-pyrrole nitrogens is 1. The van der Waals surface area contributed by atoms with Gasteiger partial charge in [0.2, 0.25) is 0 Å². The maximum Gasteiger partial charge on any atom is 0.270 e. The number of rotatable bonds is 1. The van der Waals surface area contributed by atoms with Crippen LogP contribution in [0.2, 0.25) is 0 Å². The molecule has 1 aliphatic rings. The van der Waals surface area contributed by atoms with Gasteiger partial charge in [0.15, 0.2) is 10.3 Å². The molecule has 3 heterocycles. The summed E-state index contributed by atoms with van der Waals surface area (Å²) in [6, 6.07) is 3.95. The average Bonchev–Trinajstić information content (AvgIpc) is 2.85. The van der Waals surface area contributed by atoms with Crippen LogP contribution in [0.25, 0.3) is 11.1 Å². The van der Waals surface area contributed by atoms with Crippen LogP contribution in [-0.2, 0) is 0 Å². The minimum absolute atomic E-state index is 0.0738. The third-order valence-corrected chi connectivity index (χ3v) is 3.96. The minimum atomic E-state index is 0.0738. The lowest BCUT2D eigenvalue weighted by atomic mass is 10.0. The molecule has 1 aliphatic heterocycles. The molecule has 0 saturated carbocycles. The van der Waals surface area contributed by atoms with E-state index in [9.17, 15) is 4.79 Å². The van der Waals surface area contributed by atoms with Gasteiger partial charge in [0.25, 0.3) is 5.91 Å². The van der Waals surface area contributed by atoms with Crippen LogP contribution >= 0.6 is 15.9 Å². The third-order valence-electron chi connectivity index (χ3n) is 3.57. The molecule has 1 amide bonds. The van der Waals surface area contributed by atoms with E-state index in [2.05, 4.69) is 27.8 Å². The van der Waals surface area contributed by atoms with Crippen molar-refractivity contribution < 1.29 is 9.21 Å². The van der Waals surface area contributed by atoms with Gasteiger partial charge in [0, 0.05) is 24.7 Å². The molecular weight excluding hydrogens is 296 g/mol. The number of carbonyl (C=O) groups is 1. The van der Waals surface area contributed by atoms with Crippen LogP contribution in [0.1, 0.15) is 36.7 Å². The normalized spacial score (nSPS) is 20.6. The van der Waals surface area contributed by atoms with Crippen LogP contribution in [0.4, 0.5) is 0 Å². The summed E-state index contributed by atoms with van der Waals surface area (Å²) < 4.78 is 6.10. The lowest BCUT2D eigenvalue weighted by Gasteiger charge is -2.33. The highest BCUT2D eigenvalue weighted by molar-refractivity contribution is 9.10. The number of piperidine rings is 1. The maximum atomic E-state index is 12.4. The fourth-order valence-electron chi connectivity index (χ4n) is 2.56. The average molecular weight is 311 g/mol. The van der Waals surface area contributed by atoms with E-state index >= 15 is 0 Å². The van der Waals surface area contributed by atoms with Gasteiger partial charge >= 0.3 is 0 Å². The Kier molecular flexibility index (Phi) is 2.93. The molecule has 0 radical (unpaired) electrons. The van der Waals surface area contributed by atoms with Gasteiger partial charge in [-0.1, -0.05) is 0 Å². The summed E-state index contributed by atoms with van der Waals surface area (Å²) in [5.41, 5.74) is 2.19. The summed E-state index contributed by atoms with van der Waals surface area (Å²) in [4.78, 5) is 17.5. The van der Waals surface area contributed by atoms with Crippen molar-refractivity contribution >= 4 is 32.9 Å². The molecule has 0 spiro atoms. The molecule has 1 fully saturated rings. The highest BCUT2D eigenvalue weighted by atomic mass is 79.9. The van der Waals surface area contributed by atoms with Crippen molar-refractivity contribution in [3.8, 4) is 0 Å². The van der Waals surface area contributed by atoms with Gasteiger partial charge in [-0.3, -0.25) is 4.79 Å². The molecule has 1 unspecified atom stereocenters. The van der Waals surface area contributed by atoms with E-state index in [0.717, 1.165) is 30.5 Å². The number of nitrogens with one attached hydrogen (secondary N) is 1. The van der Waals surface area contributed by atoms with Crippen LogP contribution < -0.4 is 0 Å². The van der Waals surface area contributed by atoms with Crippen molar-refractivity contribution in [1.82, 2.24) is 9.88 Å². The zero-order valence-electron chi connectivity index (χ0n) is 10.2. The second kappa shape index (κ2) is 4.46. The van der Waals surface area contributed by atoms with E-state index in [-0.39, 0.29) is 5.91 Å². The number of halogens is 1. The number of nitrogens with zero attached hydrogens (tertiary/aromatic N) is 1. The van der Waals surface area contributed by atoms with Gasteiger partial charge in [-0.05, 0) is 42.1 Å². The number of carbonyl (C=O) groups excluding carboxylic acids is 1. The third kappa shape index (κ3) is 1.96. The molecule has 96 valence electrons. The van der Waals surface area contributed by atoms with E-state index in [1.54, 1.807) is 6.07 Å². The molecule has 0 bridgehead atoms. The molecular formula is C13H15BrN2O2. The van der Waals surface area contributed by atoms with E-state index in [1.807, 2.05) is 11.0 Å². The molecule has 18 heavy (non-hydrogen) atoms. The Bertz CT molecular complexity index is 555. The summed E-state index contributed by atoms with van der Waals surface area (Å²) in [6.45, 7) is 2.96. The molecule has 2 aromatic rings. The number of likely N-dealkylation sites (tertiary alicyclic amines) is 1. The number of aromatic amines is 1. The standard InChI is InChI=1S/C13H15BrN2O2/c1-8-4-2-3-5-16(8)13(17)10-6-11-9(15-10)7-12(14)18-11/h6-8,15H,2-5H2,1H3. The predicted molar refractivity (Wildman–Crippen MR) is 72.6 cm³/mol. The van der Waals surface area contributed by atoms with E-state index in [0.29, 0.717) is 16.4 Å². The number of fused-ring (bicyclic) bond motifs is 1. The molecule has 5 heteroatoms. The van der Waals surface area contributed by atoms with Crippen molar-refractivity contribution in [2.75, 3.05) is 6.54 Å². The first-order chi connectivity index (χ1) is 8.65. The molecule has 3 rings (SSSR count). The summed E-state index contributed by atoms with van der Waals surface area (Å²) in [5, 5.41) is 0. The highest BCUT2D eigenvalue weighted by Gasteiger charge is 2.25. The minimum Gasteiger partial charge on any atom is -0.448 e. The summed E-state index contributed by atoms with van der Waals surface area (Å²) >= 11 is 3.27. The summed E-state index contributed by atoms with van der Waals surface area (Å²) in [7, 11) is 0. The largest absolute Gasteiger partial charge is 0.448 e. The first-order valence-electron chi connectivity index (χ1n) is 6.24. The van der Waals surface area contributed by atoms with Crippen LogP contribution in [-0.4, -0.2) is 28.4 Å². The summed E-state index contributed by atoms with van der Waals surface area (Å²) in [5.74, 6) is 0.0738. The van der Waals surface area contributed by atoms with Gasteiger partial charge in [-0.2, -0.15) is 0 Å². The Morgan fingerprint density at radius 3 is 3.06 bits per heavy atom.